The van der Waals surface area contributed by atoms with Gasteiger partial charge < -0.3 is 0 Å². The molecule has 0 fully saturated rings. The Labute approximate surface area is 99.1 Å². The summed E-state index contributed by atoms with van der Waals surface area (Å²) in [7, 11) is 0.565. The summed E-state index contributed by atoms with van der Waals surface area (Å²) in [6.45, 7) is 0. The fourth-order valence-electron chi connectivity index (χ4n) is 1.01. The van der Waals surface area contributed by atoms with Crippen molar-refractivity contribution in [1.29, 1.82) is 0 Å². The Morgan fingerprint density at radius 3 is 2.25 bits per heavy atom. The van der Waals surface area contributed by atoms with Crippen LogP contribution in [0, 0.1) is 0 Å². The molecule has 0 aliphatic heterocycles. The van der Waals surface area contributed by atoms with Gasteiger partial charge in [0, 0.05) is 16.9 Å². The molecule has 92 valence electrons. The predicted molar refractivity (Wildman–Crippen MR) is 57.3 cm³/mol. The van der Waals surface area contributed by atoms with Crippen molar-refractivity contribution in [3.8, 4) is 0 Å². The Kier molecular flexibility index (Phi) is 3.09. The summed E-state index contributed by atoms with van der Waals surface area (Å²) in [5.74, 6) is 0. The molecule has 1 aromatic rings. The van der Waals surface area contributed by atoms with Gasteiger partial charge >= 0.3 is 6.18 Å². The molecular formula is C8H7Cl2F3O2S. The Hall–Kier alpha value is -0.300. The fraction of sp³-hybridized carbons (Fsp3) is 0.250. The van der Waals surface area contributed by atoms with Crippen LogP contribution in [0.4, 0.5) is 13.2 Å². The van der Waals surface area contributed by atoms with Crippen LogP contribution in [-0.4, -0.2) is 15.0 Å². The third-order valence-electron chi connectivity index (χ3n) is 1.77. The number of hydrogen-bond acceptors (Lipinski definition) is 1. The first-order valence-electron chi connectivity index (χ1n) is 3.86. The fourth-order valence-corrected chi connectivity index (χ4v) is 2.27. The highest BCUT2D eigenvalue weighted by Gasteiger charge is 2.35. The van der Waals surface area contributed by atoms with Crippen molar-refractivity contribution in [2.24, 2.45) is 0 Å². The highest BCUT2D eigenvalue weighted by atomic mass is 35.7. The lowest BCUT2D eigenvalue weighted by Crippen LogP contribution is -2.22. The third-order valence-corrected chi connectivity index (χ3v) is 3.94. The number of alkyl halides is 3. The second-order valence-corrected chi connectivity index (χ2v) is 8.70. The zero-order valence-electron chi connectivity index (χ0n) is 7.89. The minimum Gasteiger partial charge on any atom is -0.286 e. The van der Waals surface area contributed by atoms with Crippen molar-refractivity contribution in [1.82, 2.24) is 0 Å². The molecule has 0 atom stereocenters. The largest absolute Gasteiger partial charge is 0.417 e. The predicted octanol–water partition coefficient (Wildman–Crippen LogP) is 3.79. The summed E-state index contributed by atoms with van der Waals surface area (Å²) >= 11 is 5.34. The topological polar surface area (TPSA) is 37.3 Å². The Bertz CT molecular complexity index is 482. The lowest BCUT2D eigenvalue weighted by Gasteiger charge is -2.31. The average molecular weight is 295 g/mol. The molecular weight excluding hydrogens is 288 g/mol. The molecule has 0 saturated carbocycles. The molecule has 0 heterocycles. The minimum atomic E-state index is -4.72. The molecule has 0 aliphatic rings. The highest BCUT2D eigenvalue weighted by Crippen LogP contribution is 2.40. The molecule has 8 heteroatoms. The Morgan fingerprint density at radius 2 is 1.88 bits per heavy atom. The van der Waals surface area contributed by atoms with E-state index >= 15 is 0 Å². The first-order chi connectivity index (χ1) is 6.88. The maximum atomic E-state index is 12.4. The van der Waals surface area contributed by atoms with Crippen LogP contribution >= 0.6 is 22.3 Å². The number of benzene rings is 1. The van der Waals surface area contributed by atoms with Crippen molar-refractivity contribution in [2.75, 3.05) is 6.26 Å². The number of rotatable bonds is 1. The zero-order valence-corrected chi connectivity index (χ0v) is 10.2. The van der Waals surface area contributed by atoms with E-state index in [1.165, 1.54) is 0 Å². The van der Waals surface area contributed by atoms with Crippen molar-refractivity contribution in [2.45, 2.75) is 11.1 Å². The Balaban J connectivity index is 3.47. The van der Waals surface area contributed by atoms with Crippen LogP contribution in [0.3, 0.4) is 0 Å². The second kappa shape index (κ2) is 3.60. The number of halogens is 5. The monoisotopic (exact) mass is 294 g/mol. The van der Waals surface area contributed by atoms with Crippen LogP contribution in [-0.2, 0) is 14.7 Å². The van der Waals surface area contributed by atoms with Gasteiger partial charge in [0.15, 0.2) is 0 Å². The van der Waals surface area contributed by atoms with Crippen molar-refractivity contribution in [3.63, 3.8) is 0 Å². The van der Waals surface area contributed by atoms with Crippen LogP contribution in [0.1, 0.15) is 5.56 Å². The van der Waals surface area contributed by atoms with Crippen molar-refractivity contribution >= 4 is 30.8 Å². The van der Waals surface area contributed by atoms with E-state index in [0.29, 0.717) is 6.07 Å². The van der Waals surface area contributed by atoms with Gasteiger partial charge in [-0.3, -0.25) is 4.55 Å². The molecule has 0 aliphatic carbocycles. The average Bonchev–Trinajstić information content (AvgIpc) is 1.98. The van der Waals surface area contributed by atoms with Crippen molar-refractivity contribution < 1.29 is 21.9 Å². The first-order valence-corrected chi connectivity index (χ1v) is 7.40. The van der Waals surface area contributed by atoms with E-state index in [2.05, 4.69) is 0 Å². The van der Waals surface area contributed by atoms with Gasteiger partial charge in [0.2, 0.25) is 0 Å². The molecule has 1 aromatic carbocycles. The molecule has 1 N–H and O–H groups in total. The summed E-state index contributed by atoms with van der Waals surface area (Å²) in [4.78, 5) is -0.518. The van der Waals surface area contributed by atoms with E-state index in [0.717, 1.165) is 18.4 Å². The lowest BCUT2D eigenvalue weighted by molar-refractivity contribution is -0.137. The van der Waals surface area contributed by atoms with Crippen LogP contribution in [0.2, 0.25) is 5.02 Å². The molecule has 0 unspecified atom stereocenters. The van der Waals surface area contributed by atoms with Gasteiger partial charge in [-0.05, 0) is 18.2 Å². The van der Waals surface area contributed by atoms with Crippen LogP contribution in [0.5, 0.6) is 0 Å². The van der Waals surface area contributed by atoms with Gasteiger partial charge in [-0.25, -0.2) is 0 Å². The highest BCUT2D eigenvalue weighted by molar-refractivity contribution is 8.33. The molecule has 2 nitrogen and oxygen atoms in total. The molecule has 0 bridgehead atoms. The van der Waals surface area contributed by atoms with E-state index in [1.54, 1.807) is 0 Å². The van der Waals surface area contributed by atoms with Crippen LogP contribution < -0.4 is 0 Å². The van der Waals surface area contributed by atoms with Gasteiger partial charge in [-0.2, -0.15) is 17.4 Å². The summed E-state index contributed by atoms with van der Waals surface area (Å²) in [6.07, 6.45) is -3.95. The molecule has 0 radical (unpaired) electrons. The molecule has 0 saturated heterocycles. The Morgan fingerprint density at radius 1 is 1.38 bits per heavy atom. The summed E-state index contributed by atoms with van der Waals surface area (Å²) in [5, 5.41) is -0.551. The summed E-state index contributed by atoms with van der Waals surface area (Å²) in [6, 6.07) is 2.35. The van der Waals surface area contributed by atoms with Gasteiger partial charge in [-0.15, -0.1) is 0 Å². The van der Waals surface area contributed by atoms with Crippen molar-refractivity contribution in [3.05, 3.63) is 28.8 Å². The van der Waals surface area contributed by atoms with E-state index in [1.807, 2.05) is 0 Å². The summed E-state index contributed by atoms with van der Waals surface area (Å²) in [5.41, 5.74) is -1.19. The molecule has 0 amide bonds. The normalized spacial score (nSPS) is 15.6. The van der Waals surface area contributed by atoms with Crippen LogP contribution in [0.15, 0.2) is 23.1 Å². The maximum absolute atomic E-state index is 12.4. The van der Waals surface area contributed by atoms with E-state index < -0.39 is 30.2 Å². The maximum Gasteiger partial charge on any atom is 0.417 e. The second-order valence-electron chi connectivity index (χ2n) is 3.31. The first kappa shape index (κ1) is 13.8. The SMILES string of the molecule is CS(=O)(O)(Cl)c1ccc(Cl)c(C(F)(F)F)c1. The quantitative estimate of drug-likeness (QED) is 0.800. The number of hydrogen-bond donors (Lipinski definition) is 1. The standard InChI is InChI=1S/C8H7Cl2F3O2S/c1-16(10,14,15)5-2-3-7(9)6(4-5)8(11,12)13/h2-4H,1H3,(H,14,15). The lowest BCUT2D eigenvalue weighted by atomic mass is 10.2. The van der Waals surface area contributed by atoms with Crippen LogP contribution in [0.25, 0.3) is 0 Å². The van der Waals surface area contributed by atoms with Gasteiger partial charge in [0.1, 0.15) is 0 Å². The summed E-state index contributed by atoms with van der Waals surface area (Å²) < 4.78 is 58.2. The molecule has 0 aromatic heterocycles. The smallest absolute Gasteiger partial charge is 0.286 e. The minimum absolute atomic E-state index is 0.476. The van der Waals surface area contributed by atoms with E-state index in [4.69, 9.17) is 22.3 Å². The molecule has 16 heavy (non-hydrogen) atoms. The van der Waals surface area contributed by atoms with Gasteiger partial charge in [0.25, 0.3) is 0 Å². The third kappa shape index (κ3) is 3.10. The van der Waals surface area contributed by atoms with E-state index in [-0.39, 0.29) is 0 Å². The van der Waals surface area contributed by atoms with Gasteiger partial charge in [0.05, 0.1) is 15.5 Å². The molecule has 0 spiro atoms. The van der Waals surface area contributed by atoms with E-state index in [9.17, 15) is 21.9 Å². The molecule has 1 rings (SSSR count). The van der Waals surface area contributed by atoms with Gasteiger partial charge in [-0.1, -0.05) is 20.2 Å². The zero-order chi connectivity index (χ0) is 12.8.